The van der Waals surface area contributed by atoms with Crippen LogP contribution in [0.1, 0.15) is 38.1 Å². The highest BCUT2D eigenvalue weighted by Gasteiger charge is 2.68. The summed E-state index contributed by atoms with van der Waals surface area (Å²) >= 11 is 0. The number of nitro benzene ring substituents is 1. The smallest absolute Gasteiger partial charge is 0.279 e. The lowest BCUT2D eigenvalue weighted by molar-refractivity contribution is -0.383. The zero-order valence-corrected chi connectivity index (χ0v) is 12.6. The van der Waals surface area contributed by atoms with Crippen LogP contribution in [-0.4, -0.2) is 15.7 Å². The number of carbonyl (C=O) groups is 1. The second-order valence-corrected chi connectivity index (χ2v) is 6.90. The predicted octanol–water partition coefficient (Wildman–Crippen LogP) is 3.94. The first-order valence-electron chi connectivity index (χ1n) is 6.98. The maximum atomic E-state index is 12.8. The van der Waals surface area contributed by atoms with Crippen molar-refractivity contribution in [2.75, 3.05) is 0 Å². The number of aromatic amines is 1. The van der Waals surface area contributed by atoms with Gasteiger partial charge in [-0.2, -0.15) is 0 Å². The van der Waals surface area contributed by atoms with Gasteiger partial charge in [0.25, 0.3) is 5.69 Å². The average molecular weight is 286 g/mol. The first-order chi connectivity index (χ1) is 9.69. The maximum Gasteiger partial charge on any atom is 0.279 e. The third-order valence-corrected chi connectivity index (χ3v) is 5.43. The number of ketones is 1. The molecule has 1 aromatic carbocycles. The van der Waals surface area contributed by atoms with Crippen molar-refractivity contribution >= 4 is 22.4 Å². The number of H-pyrrole nitrogens is 1. The molecule has 1 aromatic heterocycles. The molecule has 0 atom stereocenters. The van der Waals surface area contributed by atoms with Crippen molar-refractivity contribution in [2.45, 2.75) is 27.7 Å². The number of fused-ring (bicyclic) bond motifs is 1. The second-order valence-electron chi connectivity index (χ2n) is 6.90. The first-order valence-corrected chi connectivity index (χ1v) is 6.98. The van der Waals surface area contributed by atoms with E-state index in [1.807, 2.05) is 0 Å². The van der Waals surface area contributed by atoms with Crippen molar-refractivity contribution in [3.8, 4) is 0 Å². The third-order valence-electron chi connectivity index (χ3n) is 5.43. The summed E-state index contributed by atoms with van der Waals surface area (Å²) in [6, 6.07) is 4.81. The highest BCUT2D eigenvalue weighted by molar-refractivity contribution is 6.13. The Morgan fingerprint density at radius 2 is 1.86 bits per heavy atom. The molecule has 0 unspecified atom stereocenters. The Hall–Kier alpha value is -2.17. The number of aromatic nitrogens is 1. The molecular weight excluding hydrogens is 268 g/mol. The fourth-order valence-corrected chi connectivity index (χ4v) is 3.52. The molecule has 1 aliphatic carbocycles. The van der Waals surface area contributed by atoms with Crippen molar-refractivity contribution in [3.05, 3.63) is 40.1 Å². The largest absolute Gasteiger partial charge is 0.360 e. The van der Waals surface area contributed by atoms with Crippen molar-refractivity contribution in [1.29, 1.82) is 0 Å². The molecule has 1 fully saturated rings. The van der Waals surface area contributed by atoms with Crippen molar-refractivity contribution in [2.24, 2.45) is 16.7 Å². The van der Waals surface area contributed by atoms with Crippen LogP contribution in [0.3, 0.4) is 0 Å². The minimum atomic E-state index is -0.434. The lowest BCUT2D eigenvalue weighted by Gasteiger charge is -2.03. The second kappa shape index (κ2) is 3.93. The lowest BCUT2D eigenvalue weighted by atomic mass is 10.00. The van der Waals surface area contributed by atoms with E-state index in [2.05, 4.69) is 32.7 Å². The molecule has 5 nitrogen and oxygen atoms in total. The van der Waals surface area contributed by atoms with E-state index in [-0.39, 0.29) is 28.2 Å². The summed E-state index contributed by atoms with van der Waals surface area (Å²) < 4.78 is 0. The van der Waals surface area contributed by atoms with E-state index < -0.39 is 4.92 Å². The predicted molar refractivity (Wildman–Crippen MR) is 80.3 cm³/mol. The van der Waals surface area contributed by atoms with E-state index in [4.69, 9.17) is 0 Å². The summed E-state index contributed by atoms with van der Waals surface area (Å²) in [5, 5.41) is 11.6. The molecule has 1 heterocycles. The van der Waals surface area contributed by atoms with Gasteiger partial charge in [0.2, 0.25) is 0 Å². The number of rotatable bonds is 3. The van der Waals surface area contributed by atoms with Crippen LogP contribution in [0.15, 0.2) is 24.4 Å². The highest BCUT2D eigenvalue weighted by Crippen LogP contribution is 2.69. The molecule has 5 heteroatoms. The number of nitrogens with one attached hydrogen (secondary N) is 1. The Labute approximate surface area is 122 Å². The maximum absolute atomic E-state index is 12.8. The Morgan fingerprint density at radius 3 is 2.38 bits per heavy atom. The van der Waals surface area contributed by atoms with Crippen LogP contribution in [0.4, 0.5) is 5.69 Å². The molecule has 1 saturated carbocycles. The van der Waals surface area contributed by atoms with Crippen LogP contribution in [0.25, 0.3) is 10.9 Å². The van der Waals surface area contributed by atoms with Crippen LogP contribution >= 0.6 is 0 Å². The number of benzene rings is 1. The summed E-state index contributed by atoms with van der Waals surface area (Å²) in [4.78, 5) is 26.6. The van der Waals surface area contributed by atoms with Crippen molar-refractivity contribution in [1.82, 2.24) is 4.98 Å². The molecule has 1 aliphatic rings. The van der Waals surface area contributed by atoms with Gasteiger partial charge in [-0.1, -0.05) is 33.8 Å². The van der Waals surface area contributed by atoms with Gasteiger partial charge in [-0.15, -0.1) is 0 Å². The normalized spacial score (nSPS) is 19.6. The van der Waals surface area contributed by atoms with Crippen molar-refractivity contribution < 1.29 is 9.72 Å². The van der Waals surface area contributed by atoms with Crippen LogP contribution in [0, 0.1) is 26.9 Å². The van der Waals surface area contributed by atoms with E-state index >= 15 is 0 Å². The minimum absolute atomic E-state index is 0.00875. The van der Waals surface area contributed by atoms with Crippen LogP contribution in [0.2, 0.25) is 0 Å². The molecule has 0 spiro atoms. The monoisotopic (exact) mass is 286 g/mol. The number of carbonyl (C=O) groups excluding carboxylic acids is 1. The molecule has 21 heavy (non-hydrogen) atoms. The van der Waals surface area contributed by atoms with Gasteiger partial charge >= 0.3 is 0 Å². The highest BCUT2D eigenvalue weighted by atomic mass is 16.6. The zero-order valence-electron chi connectivity index (χ0n) is 12.6. The van der Waals surface area contributed by atoms with Crippen LogP contribution in [-0.2, 0) is 0 Å². The van der Waals surface area contributed by atoms with Crippen LogP contribution < -0.4 is 0 Å². The third kappa shape index (κ3) is 1.66. The number of nitrogens with zero attached hydrogens (tertiary/aromatic N) is 1. The number of Topliss-reactive ketones (excluding diaryl/α,β-unsaturated/α-hetero) is 1. The van der Waals surface area contributed by atoms with Gasteiger partial charge < -0.3 is 4.98 Å². The molecular formula is C16H18N2O3. The molecule has 2 aromatic rings. The summed E-state index contributed by atoms with van der Waals surface area (Å²) in [7, 11) is 0. The Morgan fingerprint density at radius 1 is 1.24 bits per heavy atom. The van der Waals surface area contributed by atoms with Gasteiger partial charge in [0.15, 0.2) is 5.78 Å². The van der Waals surface area contributed by atoms with E-state index in [1.165, 1.54) is 6.07 Å². The fraction of sp³-hybridized carbons (Fsp3) is 0.438. The summed E-state index contributed by atoms with van der Waals surface area (Å²) in [6.07, 6.45) is 1.60. The molecule has 1 N–H and O–H groups in total. The average Bonchev–Trinajstić information content (AvgIpc) is 2.74. The van der Waals surface area contributed by atoms with Gasteiger partial charge in [0.05, 0.1) is 21.4 Å². The standard InChI is InChI=1S/C16H18N2O3/c1-15(2)14(16(15,3)4)13(19)9-8-17-10-6-5-7-11(12(9)10)18(20)21/h5-8,14,17H,1-4H3. The van der Waals surface area contributed by atoms with Gasteiger partial charge in [-0.3, -0.25) is 14.9 Å². The van der Waals surface area contributed by atoms with Crippen LogP contribution in [0.5, 0.6) is 0 Å². The van der Waals surface area contributed by atoms with Gasteiger partial charge in [0, 0.05) is 18.2 Å². The number of non-ortho nitro benzene ring substituents is 1. The van der Waals surface area contributed by atoms with E-state index in [0.717, 1.165) is 0 Å². The number of nitro groups is 1. The van der Waals surface area contributed by atoms with E-state index in [0.29, 0.717) is 16.5 Å². The van der Waals surface area contributed by atoms with E-state index in [1.54, 1.807) is 18.3 Å². The zero-order chi connectivity index (χ0) is 15.6. The summed E-state index contributed by atoms with van der Waals surface area (Å²) in [5.74, 6) is -0.116. The lowest BCUT2D eigenvalue weighted by Crippen LogP contribution is -2.07. The number of hydrogen-bond acceptors (Lipinski definition) is 3. The molecule has 3 rings (SSSR count). The minimum Gasteiger partial charge on any atom is -0.360 e. The van der Waals surface area contributed by atoms with Gasteiger partial charge in [0.1, 0.15) is 0 Å². The summed E-state index contributed by atoms with van der Waals surface area (Å²) in [6.45, 7) is 8.27. The van der Waals surface area contributed by atoms with E-state index in [9.17, 15) is 14.9 Å². The summed E-state index contributed by atoms with van der Waals surface area (Å²) in [5.41, 5.74) is 0.868. The fourth-order valence-electron chi connectivity index (χ4n) is 3.52. The number of hydrogen-bond donors (Lipinski definition) is 1. The van der Waals surface area contributed by atoms with Gasteiger partial charge in [-0.25, -0.2) is 0 Å². The van der Waals surface area contributed by atoms with Gasteiger partial charge in [-0.05, 0) is 16.9 Å². The first kappa shape index (κ1) is 13.8. The SMILES string of the molecule is CC1(C)C(C(=O)c2c[nH]c3cccc([N+](=O)[O-])c23)C1(C)C. The molecule has 0 radical (unpaired) electrons. The Bertz CT molecular complexity index is 757. The molecule has 110 valence electrons. The quantitative estimate of drug-likeness (QED) is 0.527. The molecule has 0 aliphatic heterocycles. The Balaban J connectivity index is 2.15. The molecule has 0 saturated heterocycles. The molecule has 0 bridgehead atoms. The Kier molecular flexibility index (Phi) is 2.58. The molecule has 0 amide bonds. The topological polar surface area (TPSA) is 76.0 Å². The van der Waals surface area contributed by atoms with Crippen molar-refractivity contribution in [3.63, 3.8) is 0 Å².